The van der Waals surface area contributed by atoms with Gasteiger partial charge in [-0.25, -0.2) is 28.2 Å². The zero-order valence-electron chi connectivity index (χ0n) is 23.8. The SMILES string of the molecule is CCn1nccc1C(=O)NC(c1cn2nc(C)c(Cn3ccnc3)nc2n1)C1CCC(F)(F)CC1.O=C1CCCCN1. The normalized spacial score (nSPS) is 17.8. The Labute approximate surface area is 241 Å². The molecule has 2 fully saturated rings. The summed E-state index contributed by atoms with van der Waals surface area (Å²) in [7, 11) is 0. The van der Waals surface area contributed by atoms with E-state index in [0.29, 0.717) is 30.3 Å². The molecule has 0 aromatic carbocycles. The number of nitrogens with zero attached hydrogens (tertiary/aromatic N) is 8. The molecule has 1 saturated carbocycles. The minimum atomic E-state index is -2.67. The van der Waals surface area contributed by atoms with Gasteiger partial charge in [-0.3, -0.25) is 14.3 Å². The number of carbonyl (C=O) groups is 2. The van der Waals surface area contributed by atoms with Crippen LogP contribution in [-0.4, -0.2) is 63.2 Å². The number of carbonyl (C=O) groups excluding carboxylic acids is 2. The Morgan fingerprint density at radius 2 is 2.02 bits per heavy atom. The molecule has 42 heavy (non-hydrogen) atoms. The van der Waals surface area contributed by atoms with E-state index in [1.807, 2.05) is 24.6 Å². The number of nitrogens with one attached hydrogen (secondary N) is 2. The highest BCUT2D eigenvalue weighted by molar-refractivity contribution is 5.92. The van der Waals surface area contributed by atoms with Gasteiger partial charge in [0.15, 0.2) is 0 Å². The predicted molar refractivity (Wildman–Crippen MR) is 149 cm³/mol. The van der Waals surface area contributed by atoms with Crippen molar-refractivity contribution in [1.29, 1.82) is 0 Å². The second-order valence-corrected chi connectivity index (χ2v) is 10.8. The van der Waals surface area contributed by atoms with Crippen LogP contribution in [0.2, 0.25) is 0 Å². The molecule has 4 aromatic heterocycles. The molecular formula is C28H36F2N10O2. The van der Waals surface area contributed by atoms with E-state index in [2.05, 4.69) is 35.8 Å². The highest BCUT2D eigenvalue weighted by atomic mass is 19.3. The van der Waals surface area contributed by atoms with Crippen LogP contribution in [0, 0.1) is 12.8 Å². The van der Waals surface area contributed by atoms with Gasteiger partial charge >= 0.3 is 0 Å². The number of imidazole rings is 2. The van der Waals surface area contributed by atoms with E-state index in [1.165, 1.54) is 0 Å². The third-order valence-corrected chi connectivity index (χ3v) is 7.73. The largest absolute Gasteiger partial charge is 0.356 e. The number of aryl methyl sites for hydroxylation is 2. The van der Waals surface area contributed by atoms with Crippen molar-refractivity contribution in [3.8, 4) is 0 Å². The van der Waals surface area contributed by atoms with Crippen LogP contribution in [-0.2, 0) is 17.9 Å². The van der Waals surface area contributed by atoms with Crippen LogP contribution in [0.15, 0.2) is 37.2 Å². The minimum absolute atomic E-state index is 0.187. The summed E-state index contributed by atoms with van der Waals surface area (Å²) in [6.07, 6.45) is 11.6. The molecule has 1 unspecified atom stereocenters. The minimum Gasteiger partial charge on any atom is -0.356 e. The van der Waals surface area contributed by atoms with E-state index in [0.717, 1.165) is 37.2 Å². The standard InChI is InChI=1S/C23H27F2N9O.C5H9NO/c1-3-33-19(6-9-27-33)21(35)30-20(16-4-7-23(24,25)8-5-16)18-13-34-22(29-18)28-17(15(2)31-34)12-32-11-10-26-14-32;7-5-3-1-2-4-6-5/h6,9-11,13-14,16,20H,3-5,7-8,12H2,1-2H3,(H,30,35);1-4H2,(H,6,7). The van der Waals surface area contributed by atoms with Crippen LogP contribution >= 0.6 is 0 Å². The summed E-state index contributed by atoms with van der Waals surface area (Å²) in [6, 6.07) is 1.09. The van der Waals surface area contributed by atoms with Crippen molar-refractivity contribution >= 4 is 17.6 Å². The quantitative estimate of drug-likeness (QED) is 0.340. The Morgan fingerprint density at radius 3 is 2.67 bits per heavy atom. The fraction of sp³-hybridized carbons (Fsp3) is 0.536. The Bertz CT molecular complexity index is 1500. The fourth-order valence-corrected chi connectivity index (χ4v) is 5.35. The summed E-state index contributed by atoms with van der Waals surface area (Å²) in [4.78, 5) is 36.9. The molecule has 2 N–H and O–H groups in total. The summed E-state index contributed by atoms with van der Waals surface area (Å²) in [5, 5.41) is 14.5. The Balaban J connectivity index is 0.000000442. The number of aromatic nitrogens is 8. The zero-order valence-corrected chi connectivity index (χ0v) is 23.8. The highest BCUT2D eigenvalue weighted by Gasteiger charge is 2.39. The molecule has 1 aliphatic heterocycles. The molecule has 12 nitrogen and oxygen atoms in total. The van der Waals surface area contributed by atoms with Crippen LogP contribution in [0.5, 0.6) is 0 Å². The number of rotatable bonds is 7. The Morgan fingerprint density at radius 1 is 1.21 bits per heavy atom. The summed E-state index contributed by atoms with van der Waals surface area (Å²) >= 11 is 0. The highest BCUT2D eigenvalue weighted by Crippen LogP contribution is 2.41. The summed E-state index contributed by atoms with van der Waals surface area (Å²) in [5.41, 5.74) is 2.45. The van der Waals surface area contributed by atoms with Gasteiger partial charge in [-0.2, -0.15) is 10.2 Å². The summed E-state index contributed by atoms with van der Waals surface area (Å²) in [6.45, 7) is 5.69. The number of hydrogen-bond donors (Lipinski definition) is 2. The molecule has 2 amide bonds. The summed E-state index contributed by atoms with van der Waals surface area (Å²) < 4.78 is 32.9. The lowest BCUT2D eigenvalue weighted by atomic mass is 9.81. The second kappa shape index (κ2) is 12.7. The third-order valence-electron chi connectivity index (χ3n) is 7.73. The number of alkyl halides is 2. The van der Waals surface area contributed by atoms with Gasteiger partial charge in [-0.15, -0.1) is 0 Å². The molecule has 14 heteroatoms. The smallest absolute Gasteiger partial charge is 0.270 e. The molecule has 6 rings (SSSR count). The molecule has 1 atom stereocenters. The zero-order chi connectivity index (χ0) is 29.7. The van der Waals surface area contributed by atoms with E-state index in [1.54, 1.807) is 40.2 Å². The molecule has 4 aromatic rings. The number of hydrogen-bond acceptors (Lipinski definition) is 7. The van der Waals surface area contributed by atoms with Gasteiger partial charge in [0.25, 0.3) is 11.7 Å². The van der Waals surface area contributed by atoms with Crippen molar-refractivity contribution in [3.63, 3.8) is 0 Å². The van der Waals surface area contributed by atoms with E-state index < -0.39 is 12.0 Å². The van der Waals surface area contributed by atoms with Crippen molar-refractivity contribution in [2.75, 3.05) is 6.54 Å². The van der Waals surface area contributed by atoms with Crippen LogP contribution in [0.25, 0.3) is 5.78 Å². The van der Waals surface area contributed by atoms with Crippen molar-refractivity contribution < 1.29 is 18.4 Å². The first kappa shape index (κ1) is 29.3. The van der Waals surface area contributed by atoms with Crippen LogP contribution < -0.4 is 10.6 Å². The molecular weight excluding hydrogens is 546 g/mol. The van der Waals surface area contributed by atoms with Gasteiger partial charge in [-0.1, -0.05) is 0 Å². The maximum Gasteiger partial charge on any atom is 0.270 e. The Kier molecular flexibility index (Phi) is 8.88. The van der Waals surface area contributed by atoms with Gasteiger partial charge in [0, 0.05) is 50.9 Å². The first-order valence-corrected chi connectivity index (χ1v) is 14.4. The first-order chi connectivity index (χ1) is 20.2. The molecule has 0 spiro atoms. The molecule has 1 aliphatic carbocycles. The van der Waals surface area contributed by atoms with Gasteiger partial charge in [-0.05, 0) is 51.5 Å². The molecule has 0 bridgehead atoms. The van der Waals surface area contributed by atoms with Crippen molar-refractivity contribution in [2.24, 2.45) is 5.92 Å². The lowest BCUT2D eigenvalue weighted by molar-refractivity contribution is -0.122. The van der Waals surface area contributed by atoms with Gasteiger partial charge in [0.2, 0.25) is 11.8 Å². The number of halogens is 2. The second-order valence-electron chi connectivity index (χ2n) is 10.8. The Hall–Kier alpha value is -4.23. The lowest BCUT2D eigenvalue weighted by Crippen LogP contribution is -2.38. The first-order valence-electron chi connectivity index (χ1n) is 14.4. The van der Waals surface area contributed by atoms with E-state index in [-0.39, 0.29) is 43.4 Å². The van der Waals surface area contributed by atoms with Gasteiger partial charge < -0.3 is 15.2 Å². The van der Waals surface area contributed by atoms with Crippen molar-refractivity contribution in [3.05, 3.63) is 60.0 Å². The number of amides is 2. The van der Waals surface area contributed by atoms with Gasteiger partial charge in [0.05, 0.1) is 42.2 Å². The van der Waals surface area contributed by atoms with E-state index in [9.17, 15) is 18.4 Å². The average molecular weight is 583 g/mol. The molecule has 1 saturated heterocycles. The monoisotopic (exact) mass is 582 g/mol. The molecule has 2 aliphatic rings. The number of piperidine rings is 1. The fourth-order valence-electron chi connectivity index (χ4n) is 5.35. The molecule has 224 valence electrons. The van der Waals surface area contributed by atoms with Crippen LogP contribution in [0.1, 0.15) is 85.5 Å². The topological polar surface area (TPSA) is 137 Å². The third kappa shape index (κ3) is 6.97. The molecule has 5 heterocycles. The number of fused-ring (bicyclic) bond motifs is 1. The van der Waals surface area contributed by atoms with Crippen molar-refractivity contribution in [2.45, 2.75) is 83.8 Å². The summed E-state index contributed by atoms with van der Waals surface area (Å²) in [5.74, 6) is -2.58. The van der Waals surface area contributed by atoms with E-state index >= 15 is 0 Å². The maximum absolute atomic E-state index is 13.9. The van der Waals surface area contributed by atoms with Crippen LogP contribution in [0.4, 0.5) is 8.78 Å². The van der Waals surface area contributed by atoms with E-state index in [4.69, 9.17) is 0 Å². The van der Waals surface area contributed by atoms with Crippen molar-refractivity contribution in [1.82, 2.24) is 49.5 Å². The lowest BCUT2D eigenvalue weighted by Gasteiger charge is -2.33. The van der Waals surface area contributed by atoms with Gasteiger partial charge in [0.1, 0.15) is 5.69 Å². The average Bonchev–Trinajstić information content (AvgIpc) is 3.74. The molecule has 0 radical (unpaired) electrons. The predicted octanol–water partition coefficient (Wildman–Crippen LogP) is 3.48. The maximum atomic E-state index is 13.9. The van der Waals surface area contributed by atoms with Crippen LogP contribution in [0.3, 0.4) is 0 Å².